The molecule has 0 aliphatic carbocycles. The number of halogens is 3. The molecule has 0 aliphatic heterocycles. The molecule has 86 valence electrons. The molecule has 0 spiro atoms. The van der Waals surface area contributed by atoms with Gasteiger partial charge in [0.2, 0.25) is 5.82 Å². The molecule has 1 rings (SSSR count). The zero-order valence-electron chi connectivity index (χ0n) is 7.41. The molecule has 1 aromatic carbocycles. The molecule has 0 fully saturated rings. The van der Waals surface area contributed by atoms with E-state index in [-0.39, 0.29) is 51.4 Å². The monoisotopic (exact) mass is 273 g/mol. The van der Waals surface area contributed by atoms with Crippen molar-refractivity contribution in [2.45, 2.75) is 0 Å². The SMILES string of the molecule is N#Cc1c(O)c(OB(O)O)c(F)c(F)c1F.[KH]. The summed E-state index contributed by atoms with van der Waals surface area (Å²) in [6.07, 6.45) is 0. The van der Waals surface area contributed by atoms with Gasteiger partial charge in [0.15, 0.2) is 23.1 Å². The van der Waals surface area contributed by atoms with Crippen molar-refractivity contribution in [1.29, 1.82) is 5.26 Å². The van der Waals surface area contributed by atoms with E-state index < -0.39 is 41.8 Å². The minimum atomic E-state index is -2.56. The van der Waals surface area contributed by atoms with Crippen LogP contribution in [0, 0.1) is 28.8 Å². The summed E-state index contributed by atoms with van der Waals surface area (Å²) >= 11 is 0. The summed E-state index contributed by atoms with van der Waals surface area (Å²) in [6, 6.07) is 1.07. The standard InChI is InChI=1S/C7H3BF3NO4.K.H/c9-3-2(1-12)6(13)7(16-8(14)15)5(11)4(3)10;;/h13-15H;;. The maximum atomic E-state index is 13.0. The molecular formula is C7H4BF3KNO4. The van der Waals surface area contributed by atoms with Crippen LogP contribution in [0.15, 0.2) is 0 Å². The quantitative estimate of drug-likeness (QED) is 0.493. The molecule has 0 heterocycles. The number of phenols is 1. The normalized spacial score (nSPS) is 9.18. The van der Waals surface area contributed by atoms with Crippen molar-refractivity contribution in [3.63, 3.8) is 0 Å². The third kappa shape index (κ3) is 3.35. The van der Waals surface area contributed by atoms with E-state index in [1.54, 1.807) is 0 Å². The first-order valence-electron chi connectivity index (χ1n) is 3.72. The van der Waals surface area contributed by atoms with Crippen molar-refractivity contribution < 1.29 is 33.0 Å². The molecule has 3 N–H and O–H groups in total. The van der Waals surface area contributed by atoms with Crippen molar-refractivity contribution in [3.8, 4) is 17.6 Å². The second kappa shape index (κ2) is 6.60. The van der Waals surface area contributed by atoms with Gasteiger partial charge in [0, 0.05) is 0 Å². The maximum absolute atomic E-state index is 13.0. The number of phenolic OH excluding ortho intramolecular Hbond substituents is 1. The van der Waals surface area contributed by atoms with Crippen LogP contribution in [-0.2, 0) is 0 Å². The van der Waals surface area contributed by atoms with Crippen LogP contribution in [-0.4, -0.2) is 73.9 Å². The van der Waals surface area contributed by atoms with Gasteiger partial charge >= 0.3 is 58.7 Å². The van der Waals surface area contributed by atoms with Gasteiger partial charge in [0.05, 0.1) is 0 Å². The molecule has 0 aromatic heterocycles. The van der Waals surface area contributed by atoms with Crippen LogP contribution in [0.2, 0.25) is 0 Å². The summed E-state index contributed by atoms with van der Waals surface area (Å²) in [5.41, 5.74) is -1.20. The van der Waals surface area contributed by atoms with Gasteiger partial charge in [-0.1, -0.05) is 0 Å². The predicted octanol–water partition coefficient (Wildman–Crippen LogP) is -0.619. The molecule has 0 saturated carbocycles. The van der Waals surface area contributed by atoms with Crippen LogP contribution >= 0.6 is 0 Å². The Kier molecular flexibility index (Phi) is 6.49. The Labute approximate surface area is 136 Å². The average molecular weight is 273 g/mol. The van der Waals surface area contributed by atoms with Gasteiger partial charge in [0.25, 0.3) is 0 Å². The van der Waals surface area contributed by atoms with E-state index in [2.05, 4.69) is 4.65 Å². The summed E-state index contributed by atoms with van der Waals surface area (Å²) in [6.45, 7) is 0. The Morgan fingerprint density at radius 3 is 2.06 bits per heavy atom. The van der Waals surface area contributed by atoms with Gasteiger partial charge in [-0.2, -0.15) is 9.65 Å². The van der Waals surface area contributed by atoms with Crippen molar-refractivity contribution >= 4 is 58.7 Å². The number of hydrogen-bond donors (Lipinski definition) is 3. The molecule has 0 amide bonds. The van der Waals surface area contributed by atoms with E-state index in [1.807, 2.05) is 0 Å². The fraction of sp³-hybridized carbons (Fsp3) is 0. The summed E-state index contributed by atoms with van der Waals surface area (Å²) in [7, 11) is -2.56. The Balaban J connectivity index is 0.00000256. The predicted molar refractivity (Wildman–Crippen MR) is 50.7 cm³/mol. The molecule has 0 unspecified atom stereocenters. The van der Waals surface area contributed by atoms with Crippen molar-refractivity contribution in [3.05, 3.63) is 23.0 Å². The number of benzene rings is 1. The summed E-state index contributed by atoms with van der Waals surface area (Å²) in [4.78, 5) is 0. The van der Waals surface area contributed by atoms with Crippen molar-refractivity contribution in [2.75, 3.05) is 0 Å². The fourth-order valence-electron chi connectivity index (χ4n) is 0.942. The van der Waals surface area contributed by atoms with Crippen LogP contribution < -0.4 is 4.65 Å². The van der Waals surface area contributed by atoms with E-state index >= 15 is 0 Å². The third-order valence-corrected chi connectivity index (χ3v) is 1.59. The van der Waals surface area contributed by atoms with E-state index in [0.29, 0.717) is 0 Å². The van der Waals surface area contributed by atoms with Gasteiger partial charge in [-0.3, -0.25) is 0 Å². The summed E-state index contributed by atoms with van der Waals surface area (Å²) < 4.78 is 42.5. The molecule has 0 atom stereocenters. The molecule has 0 bridgehead atoms. The van der Waals surface area contributed by atoms with Gasteiger partial charge in [-0.15, -0.1) is 0 Å². The molecule has 5 nitrogen and oxygen atoms in total. The first-order chi connectivity index (χ1) is 7.40. The minimum absolute atomic E-state index is 0. The molecule has 17 heavy (non-hydrogen) atoms. The zero-order valence-corrected chi connectivity index (χ0v) is 7.41. The molecule has 0 saturated heterocycles. The number of hydrogen-bond acceptors (Lipinski definition) is 5. The molecular weight excluding hydrogens is 269 g/mol. The van der Waals surface area contributed by atoms with Crippen LogP contribution in [0.3, 0.4) is 0 Å². The average Bonchev–Trinajstić information content (AvgIpc) is 2.22. The Morgan fingerprint density at radius 2 is 1.65 bits per heavy atom. The van der Waals surface area contributed by atoms with Crippen molar-refractivity contribution in [2.24, 2.45) is 0 Å². The van der Waals surface area contributed by atoms with E-state index in [0.717, 1.165) is 6.07 Å². The Morgan fingerprint density at radius 1 is 1.12 bits per heavy atom. The topological polar surface area (TPSA) is 93.7 Å². The molecule has 0 aliphatic rings. The van der Waals surface area contributed by atoms with Crippen LogP contribution in [0.4, 0.5) is 13.2 Å². The summed E-state index contributed by atoms with van der Waals surface area (Å²) in [5.74, 6) is -8.64. The van der Waals surface area contributed by atoms with E-state index in [1.165, 1.54) is 0 Å². The van der Waals surface area contributed by atoms with E-state index in [9.17, 15) is 13.2 Å². The molecule has 0 radical (unpaired) electrons. The molecule has 1 aromatic rings. The molecule has 10 heteroatoms. The number of nitriles is 1. The van der Waals surface area contributed by atoms with Gasteiger partial charge in [-0.25, -0.2) is 8.78 Å². The number of rotatable bonds is 2. The second-order valence-corrected chi connectivity index (χ2v) is 2.55. The number of nitrogens with zero attached hydrogens (tertiary/aromatic N) is 1. The Hall–Kier alpha value is -0.279. The third-order valence-electron chi connectivity index (χ3n) is 1.59. The number of aromatic hydroxyl groups is 1. The fourth-order valence-corrected chi connectivity index (χ4v) is 0.942. The van der Waals surface area contributed by atoms with Gasteiger partial charge in [0.1, 0.15) is 11.6 Å². The van der Waals surface area contributed by atoms with Crippen LogP contribution in [0.1, 0.15) is 5.56 Å². The van der Waals surface area contributed by atoms with Crippen molar-refractivity contribution in [1.82, 2.24) is 0 Å². The Bertz CT molecular complexity index is 479. The summed E-state index contributed by atoms with van der Waals surface area (Å²) in [5, 5.41) is 34.1. The van der Waals surface area contributed by atoms with Crippen LogP contribution in [0.25, 0.3) is 0 Å². The first kappa shape index (κ1) is 16.7. The zero-order chi connectivity index (χ0) is 12.5. The van der Waals surface area contributed by atoms with Crippen LogP contribution in [0.5, 0.6) is 11.5 Å². The van der Waals surface area contributed by atoms with Gasteiger partial charge in [-0.05, 0) is 0 Å². The van der Waals surface area contributed by atoms with E-state index in [4.69, 9.17) is 20.4 Å². The second-order valence-electron chi connectivity index (χ2n) is 2.55. The van der Waals surface area contributed by atoms with Gasteiger partial charge < -0.3 is 19.8 Å². The first-order valence-corrected chi connectivity index (χ1v) is 3.72.